The van der Waals surface area contributed by atoms with Gasteiger partial charge in [-0.2, -0.15) is 0 Å². The summed E-state index contributed by atoms with van der Waals surface area (Å²) in [6, 6.07) is 18.8. The number of anilines is 1. The molecule has 0 radical (unpaired) electrons. The highest BCUT2D eigenvalue weighted by Crippen LogP contribution is 2.33. The van der Waals surface area contributed by atoms with Crippen LogP contribution in [0, 0.1) is 13.8 Å². The molecule has 1 aromatic heterocycles. The fourth-order valence-corrected chi connectivity index (χ4v) is 5.42. The van der Waals surface area contributed by atoms with Crippen molar-refractivity contribution in [3.8, 4) is 0 Å². The molecule has 4 nitrogen and oxygen atoms in total. The number of amides is 1. The summed E-state index contributed by atoms with van der Waals surface area (Å²) in [5, 5.41) is 3.43. The maximum Gasteiger partial charge on any atom is 0.227 e. The van der Waals surface area contributed by atoms with Crippen molar-refractivity contribution in [3.63, 3.8) is 0 Å². The molecule has 0 saturated carbocycles. The zero-order chi connectivity index (χ0) is 20.7. The second-order valence-corrected chi connectivity index (χ2v) is 9.03. The number of hydrogen-bond donors (Lipinski definition) is 0. The summed E-state index contributed by atoms with van der Waals surface area (Å²) in [6.07, 6.45) is 0.459. The molecule has 3 aromatic carbocycles. The SMILES string of the molecule is Cc1ccc(C)c2sc(N3CCN(C(=O)Cc4cccc5ccccc45)CC3)nc12. The Morgan fingerprint density at radius 1 is 0.933 bits per heavy atom. The van der Waals surface area contributed by atoms with Crippen molar-refractivity contribution in [2.75, 3.05) is 31.1 Å². The zero-order valence-electron chi connectivity index (χ0n) is 17.4. The van der Waals surface area contributed by atoms with Gasteiger partial charge >= 0.3 is 0 Å². The van der Waals surface area contributed by atoms with E-state index in [1.807, 2.05) is 23.1 Å². The predicted octanol–water partition coefficient (Wildman–Crippen LogP) is 4.96. The summed E-state index contributed by atoms with van der Waals surface area (Å²) in [5.41, 5.74) is 4.73. The standard InChI is InChI=1S/C25H25N3OS/c1-17-10-11-18(2)24-23(17)26-25(30-24)28-14-12-27(13-15-28)22(29)16-20-8-5-7-19-6-3-4-9-21(19)20/h3-11H,12-16H2,1-2H3. The molecule has 1 aliphatic heterocycles. The Morgan fingerprint density at radius 3 is 2.47 bits per heavy atom. The van der Waals surface area contributed by atoms with Gasteiger partial charge in [0.1, 0.15) is 0 Å². The molecule has 0 spiro atoms. The van der Waals surface area contributed by atoms with E-state index in [0.29, 0.717) is 6.42 Å². The predicted molar refractivity (Wildman–Crippen MR) is 126 cm³/mol. The smallest absolute Gasteiger partial charge is 0.227 e. The number of aryl methyl sites for hydroxylation is 2. The maximum absolute atomic E-state index is 13.0. The van der Waals surface area contributed by atoms with E-state index in [4.69, 9.17) is 4.98 Å². The summed E-state index contributed by atoms with van der Waals surface area (Å²) in [5.74, 6) is 0.210. The van der Waals surface area contributed by atoms with E-state index >= 15 is 0 Å². The number of carbonyl (C=O) groups excluding carboxylic acids is 1. The lowest BCUT2D eigenvalue weighted by atomic mass is 10.0. The van der Waals surface area contributed by atoms with Crippen molar-refractivity contribution in [2.45, 2.75) is 20.3 Å². The molecule has 0 aliphatic carbocycles. The molecule has 152 valence electrons. The van der Waals surface area contributed by atoms with Crippen LogP contribution in [0.15, 0.2) is 54.6 Å². The van der Waals surface area contributed by atoms with Gasteiger partial charge in [0.2, 0.25) is 5.91 Å². The van der Waals surface area contributed by atoms with E-state index < -0.39 is 0 Å². The van der Waals surface area contributed by atoms with Gasteiger partial charge in [0.15, 0.2) is 5.13 Å². The van der Waals surface area contributed by atoms with Gasteiger partial charge in [0.05, 0.1) is 16.6 Å². The topological polar surface area (TPSA) is 36.4 Å². The monoisotopic (exact) mass is 415 g/mol. The molecular weight excluding hydrogens is 390 g/mol. The summed E-state index contributed by atoms with van der Waals surface area (Å²) >= 11 is 1.77. The van der Waals surface area contributed by atoms with Crippen molar-refractivity contribution in [3.05, 3.63) is 71.3 Å². The van der Waals surface area contributed by atoms with Crippen LogP contribution in [0.4, 0.5) is 5.13 Å². The van der Waals surface area contributed by atoms with Crippen LogP contribution in [0.1, 0.15) is 16.7 Å². The highest BCUT2D eigenvalue weighted by Gasteiger charge is 2.24. The minimum absolute atomic E-state index is 0.210. The van der Waals surface area contributed by atoms with Gasteiger partial charge in [-0.1, -0.05) is 65.9 Å². The first kappa shape index (κ1) is 19.1. The maximum atomic E-state index is 13.0. The lowest BCUT2D eigenvalue weighted by Gasteiger charge is -2.34. The molecule has 1 saturated heterocycles. The average molecular weight is 416 g/mol. The lowest BCUT2D eigenvalue weighted by Crippen LogP contribution is -2.49. The van der Waals surface area contributed by atoms with Crippen molar-refractivity contribution in [1.29, 1.82) is 0 Å². The average Bonchev–Trinajstić information content (AvgIpc) is 3.24. The molecule has 1 amide bonds. The zero-order valence-corrected chi connectivity index (χ0v) is 18.2. The summed E-state index contributed by atoms with van der Waals surface area (Å²) in [7, 11) is 0. The van der Waals surface area contributed by atoms with Crippen molar-refractivity contribution in [1.82, 2.24) is 9.88 Å². The summed E-state index contributed by atoms with van der Waals surface area (Å²) < 4.78 is 1.28. The van der Waals surface area contributed by atoms with Crippen LogP contribution in [-0.2, 0) is 11.2 Å². The van der Waals surface area contributed by atoms with Gasteiger partial charge in [0, 0.05) is 26.2 Å². The van der Waals surface area contributed by atoms with Crippen LogP contribution < -0.4 is 4.90 Å². The number of fused-ring (bicyclic) bond motifs is 2. The number of piperazine rings is 1. The van der Waals surface area contributed by atoms with Crippen LogP contribution in [-0.4, -0.2) is 42.0 Å². The van der Waals surface area contributed by atoms with Crippen LogP contribution in [0.5, 0.6) is 0 Å². The van der Waals surface area contributed by atoms with Crippen molar-refractivity contribution in [2.24, 2.45) is 0 Å². The number of aromatic nitrogens is 1. The first-order valence-corrected chi connectivity index (χ1v) is 11.3. The number of benzene rings is 3. The first-order valence-electron chi connectivity index (χ1n) is 10.5. The second-order valence-electron chi connectivity index (χ2n) is 8.06. The Balaban J connectivity index is 1.28. The highest BCUT2D eigenvalue weighted by molar-refractivity contribution is 7.22. The van der Waals surface area contributed by atoms with Gasteiger partial charge in [0.25, 0.3) is 0 Å². The third kappa shape index (κ3) is 3.43. The molecular formula is C25H25N3OS. The second kappa shape index (κ2) is 7.73. The molecule has 1 fully saturated rings. The van der Waals surface area contributed by atoms with Gasteiger partial charge in [-0.3, -0.25) is 4.79 Å². The summed E-state index contributed by atoms with van der Waals surface area (Å²) in [6.45, 7) is 7.43. The minimum atomic E-state index is 0.210. The van der Waals surface area contributed by atoms with Crippen molar-refractivity contribution < 1.29 is 4.79 Å². The summed E-state index contributed by atoms with van der Waals surface area (Å²) in [4.78, 5) is 22.2. The Bertz CT molecular complexity index is 1190. The molecule has 0 N–H and O–H groups in total. The highest BCUT2D eigenvalue weighted by atomic mass is 32.1. The Hall–Kier alpha value is -2.92. The molecule has 5 heteroatoms. The van der Waals surface area contributed by atoms with Crippen LogP contribution >= 0.6 is 11.3 Å². The van der Waals surface area contributed by atoms with Gasteiger partial charge in [-0.05, 0) is 41.3 Å². The Morgan fingerprint density at radius 2 is 1.67 bits per heavy atom. The number of rotatable bonds is 3. The molecule has 30 heavy (non-hydrogen) atoms. The lowest BCUT2D eigenvalue weighted by molar-refractivity contribution is -0.130. The largest absolute Gasteiger partial charge is 0.345 e. The van der Waals surface area contributed by atoms with Crippen LogP contribution in [0.25, 0.3) is 21.0 Å². The number of thiazole rings is 1. The third-order valence-corrected chi connectivity index (χ3v) is 7.31. The van der Waals surface area contributed by atoms with Crippen molar-refractivity contribution >= 4 is 43.4 Å². The van der Waals surface area contributed by atoms with Gasteiger partial charge in [-0.25, -0.2) is 4.98 Å². The van der Waals surface area contributed by atoms with Crippen LogP contribution in [0.2, 0.25) is 0 Å². The third-order valence-electron chi connectivity index (χ3n) is 6.06. The minimum Gasteiger partial charge on any atom is -0.345 e. The molecule has 4 aromatic rings. The van der Waals surface area contributed by atoms with E-state index in [1.165, 1.54) is 26.6 Å². The fraction of sp³-hybridized carbons (Fsp3) is 0.280. The van der Waals surface area contributed by atoms with Gasteiger partial charge < -0.3 is 9.80 Å². The van der Waals surface area contributed by atoms with Gasteiger partial charge in [-0.15, -0.1) is 0 Å². The molecule has 5 rings (SSSR count). The quantitative estimate of drug-likeness (QED) is 0.475. The number of hydrogen-bond acceptors (Lipinski definition) is 4. The Kier molecular flexibility index (Phi) is 4.91. The first-order chi connectivity index (χ1) is 14.6. The molecule has 0 unspecified atom stereocenters. The Labute approximate surface area is 180 Å². The number of carbonyl (C=O) groups is 1. The molecule has 0 bridgehead atoms. The van der Waals surface area contributed by atoms with E-state index in [2.05, 4.69) is 55.1 Å². The van der Waals surface area contributed by atoms with E-state index in [0.717, 1.165) is 42.4 Å². The van der Waals surface area contributed by atoms with E-state index in [-0.39, 0.29) is 5.91 Å². The fourth-order valence-electron chi connectivity index (χ4n) is 4.25. The molecule has 2 heterocycles. The molecule has 0 atom stereocenters. The van der Waals surface area contributed by atoms with E-state index in [9.17, 15) is 4.79 Å². The molecule has 1 aliphatic rings. The number of nitrogens with zero attached hydrogens (tertiary/aromatic N) is 3. The normalized spacial score (nSPS) is 14.6. The van der Waals surface area contributed by atoms with Crippen LogP contribution in [0.3, 0.4) is 0 Å². The van der Waals surface area contributed by atoms with E-state index in [1.54, 1.807) is 11.3 Å².